The van der Waals surface area contributed by atoms with Crippen molar-refractivity contribution in [2.45, 2.75) is 19.3 Å². The first-order chi connectivity index (χ1) is 8.67. The number of alkyl halides is 1. The van der Waals surface area contributed by atoms with Crippen molar-refractivity contribution in [2.24, 2.45) is 0 Å². The molecular formula is C13H14BrNO3. The van der Waals surface area contributed by atoms with E-state index in [-0.39, 0.29) is 11.7 Å². The minimum absolute atomic E-state index is 0.0362. The van der Waals surface area contributed by atoms with E-state index in [1.165, 1.54) is 0 Å². The summed E-state index contributed by atoms with van der Waals surface area (Å²) in [6.07, 6.45) is 1.45. The van der Waals surface area contributed by atoms with E-state index < -0.39 is 0 Å². The number of anilines is 1. The summed E-state index contributed by atoms with van der Waals surface area (Å²) < 4.78 is 5.22. The van der Waals surface area contributed by atoms with Gasteiger partial charge in [0.25, 0.3) is 0 Å². The molecule has 18 heavy (non-hydrogen) atoms. The van der Waals surface area contributed by atoms with E-state index in [4.69, 9.17) is 4.74 Å². The van der Waals surface area contributed by atoms with Crippen LogP contribution in [0.4, 0.5) is 5.69 Å². The number of ketones is 1. The maximum Gasteiger partial charge on any atom is 0.224 e. The van der Waals surface area contributed by atoms with Crippen LogP contribution in [0.25, 0.3) is 0 Å². The van der Waals surface area contributed by atoms with Gasteiger partial charge in [-0.1, -0.05) is 15.9 Å². The van der Waals surface area contributed by atoms with Gasteiger partial charge in [0.15, 0.2) is 5.78 Å². The number of fused-ring (bicyclic) bond motifs is 1. The summed E-state index contributed by atoms with van der Waals surface area (Å²) in [5, 5.41) is 3.43. The second-order valence-electron chi connectivity index (χ2n) is 4.08. The van der Waals surface area contributed by atoms with Crippen LogP contribution in [0.2, 0.25) is 0 Å². The zero-order chi connectivity index (χ0) is 13.1. The number of halogens is 1. The van der Waals surface area contributed by atoms with Crippen LogP contribution < -0.4 is 10.1 Å². The predicted molar refractivity (Wildman–Crippen MR) is 72.7 cm³/mol. The Hall–Kier alpha value is -1.36. The summed E-state index contributed by atoms with van der Waals surface area (Å²) in [6.45, 7) is 0. The van der Waals surface area contributed by atoms with Crippen LogP contribution in [0.3, 0.4) is 0 Å². The number of Topliss-reactive ketones (excluding diaryl/α,β-unsaturated/α-hetero) is 1. The fourth-order valence-corrected chi connectivity index (χ4v) is 2.48. The number of nitrogens with one attached hydrogen (secondary N) is 1. The molecule has 0 aromatic heterocycles. The van der Waals surface area contributed by atoms with Gasteiger partial charge in [-0.05, 0) is 24.1 Å². The molecule has 0 aliphatic carbocycles. The molecule has 0 saturated heterocycles. The monoisotopic (exact) mass is 311 g/mol. The van der Waals surface area contributed by atoms with Crippen molar-refractivity contribution in [1.29, 1.82) is 0 Å². The Morgan fingerprint density at radius 3 is 2.89 bits per heavy atom. The lowest BCUT2D eigenvalue weighted by Gasteiger charge is -2.21. The van der Waals surface area contributed by atoms with Crippen LogP contribution in [0.5, 0.6) is 5.75 Å². The summed E-state index contributed by atoms with van der Waals surface area (Å²) in [6, 6.07) is 3.51. The van der Waals surface area contributed by atoms with E-state index in [0.717, 1.165) is 5.56 Å². The lowest BCUT2D eigenvalue weighted by atomic mass is 9.93. The fraction of sp³-hybridized carbons (Fsp3) is 0.385. The quantitative estimate of drug-likeness (QED) is 0.687. The lowest BCUT2D eigenvalue weighted by molar-refractivity contribution is -0.116. The van der Waals surface area contributed by atoms with Crippen molar-refractivity contribution in [1.82, 2.24) is 0 Å². The Bertz CT molecular complexity index is 499. The summed E-state index contributed by atoms with van der Waals surface area (Å²) in [5.41, 5.74) is 2.22. The van der Waals surface area contributed by atoms with Crippen LogP contribution in [-0.4, -0.2) is 24.1 Å². The number of rotatable bonds is 4. The minimum atomic E-state index is -0.0362. The molecule has 1 N–H and O–H groups in total. The summed E-state index contributed by atoms with van der Waals surface area (Å²) in [4.78, 5) is 23.5. The predicted octanol–water partition coefficient (Wildman–Crippen LogP) is 2.55. The largest absolute Gasteiger partial charge is 0.495 e. The van der Waals surface area contributed by atoms with Gasteiger partial charge in [-0.3, -0.25) is 9.59 Å². The molecule has 1 aliphatic heterocycles. The summed E-state index contributed by atoms with van der Waals surface area (Å²) in [7, 11) is 1.55. The third-order valence-electron chi connectivity index (χ3n) is 2.98. The maximum absolute atomic E-state index is 12.0. The minimum Gasteiger partial charge on any atom is -0.495 e. The molecule has 96 valence electrons. The Morgan fingerprint density at radius 1 is 1.44 bits per heavy atom. The molecule has 1 aliphatic rings. The van der Waals surface area contributed by atoms with Crippen LogP contribution in [0.1, 0.15) is 28.8 Å². The van der Waals surface area contributed by atoms with Crippen molar-refractivity contribution >= 4 is 33.3 Å². The third kappa shape index (κ3) is 2.41. The molecule has 5 heteroatoms. The van der Waals surface area contributed by atoms with Crippen molar-refractivity contribution in [3.8, 4) is 5.75 Å². The van der Waals surface area contributed by atoms with E-state index in [1.807, 2.05) is 0 Å². The number of hydrogen-bond donors (Lipinski definition) is 1. The molecule has 1 amide bonds. The highest BCUT2D eigenvalue weighted by Crippen LogP contribution is 2.35. The van der Waals surface area contributed by atoms with Gasteiger partial charge in [0, 0.05) is 23.7 Å². The molecule has 2 rings (SSSR count). The molecule has 4 nitrogen and oxygen atoms in total. The molecule has 0 bridgehead atoms. The molecule has 0 saturated carbocycles. The van der Waals surface area contributed by atoms with Gasteiger partial charge >= 0.3 is 0 Å². The molecule has 0 radical (unpaired) electrons. The van der Waals surface area contributed by atoms with E-state index in [0.29, 0.717) is 41.6 Å². The topological polar surface area (TPSA) is 55.4 Å². The number of benzene rings is 1. The molecule has 0 fully saturated rings. The number of hydrogen-bond acceptors (Lipinski definition) is 3. The molecule has 0 atom stereocenters. The number of carbonyl (C=O) groups is 2. The van der Waals surface area contributed by atoms with Gasteiger partial charge in [0.05, 0.1) is 12.8 Å². The summed E-state index contributed by atoms with van der Waals surface area (Å²) in [5.74, 6) is 0.654. The van der Waals surface area contributed by atoms with Crippen LogP contribution >= 0.6 is 15.9 Å². The van der Waals surface area contributed by atoms with Crippen molar-refractivity contribution in [3.05, 3.63) is 23.3 Å². The lowest BCUT2D eigenvalue weighted by Crippen LogP contribution is -2.22. The Labute approximate surface area is 114 Å². The van der Waals surface area contributed by atoms with Gasteiger partial charge in [-0.15, -0.1) is 0 Å². The van der Waals surface area contributed by atoms with Crippen LogP contribution in [0, 0.1) is 0 Å². The van der Waals surface area contributed by atoms with E-state index in [2.05, 4.69) is 21.2 Å². The zero-order valence-corrected chi connectivity index (χ0v) is 11.7. The molecule has 1 aromatic rings. The van der Waals surface area contributed by atoms with Crippen LogP contribution in [-0.2, 0) is 11.2 Å². The maximum atomic E-state index is 12.0. The number of amides is 1. The Balaban J connectivity index is 2.48. The van der Waals surface area contributed by atoms with Gasteiger partial charge in [-0.25, -0.2) is 0 Å². The first-order valence-corrected chi connectivity index (χ1v) is 6.88. The van der Waals surface area contributed by atoms with Gasteiger partial charge in [0.1, 0.15) is 5.75 Å². The second-order valence-corrected chi connectivity index (χ2v) is 4.87. The molecule has 1 aromatic carbocycles. The Kier molecular flexibility index (Phi) is 4.01. The van der Waals surface area contributed by atoms with Crippen LogP contribution in [0.15, 0.2) is 12.1 Å². The molecule has 0 unspecified atom stereocenters. The smallest absolute Gasteiger partial charge is 0.224 e. The highest BCUT2D eigenvalue weighted by molar-refractivity contribution is 9.09. The third-order valence-corrected chi connectivity index (χ3v) is 3.38. The molecular weight excluding hydrogens is 298 g/mol. The van der Waals surface area contributed by atoms with Crippen molar-refractivity contribution in [2.75, 3.05) is 17.8 Å². The van der Waals surface area contributed by atoms with Gasteiger partial charge in [-0.2, -0.15) is 0 Å². The highest BCUT2D eigenvalue weighted by atomic mass is 79.9. The normalized spacial score (nSPS) is 13.8. The van der Waals surface area contributed by atoms with Gasteiger partial charge in [0.2, 0.25) is 5.91 Å². The van der Waals surface area contributed by atoms with Gasteiger partial charge < -0.3 is 10.1 Å². The first-order valence-electron chi connectivity index (χ1n) is 5.76. The first kappa shape index (κ1) is 13.1. The molecule has 1 heterocycles. The molecule has 0 spiro atoms. The standard InChI is InChI=1S/C13H14BrNO3/c1-18-11-4-2-8(10(16)6-7-14)9-3-5-12(17)15-13(9)11/h2,4H,3,5-7H2,1H3,(H,15,17). The summed E-state index contributed by atoms with van der Waals surface area (Å²) >= 11 is 3.27. The van der Waals surface area contributed by atoms with Crippen molar-refractivity contribution < 1.29 is 14.3 Å². The SMILES string of the molecule is COc1ccc(C(=O)CCBr)c2c1NC(=O)CC2. The number of carbonyl (C=O) groups excluding carboxylic acids is 2. The zero-order valence-electron chi connectivity index (χ0n) is 10.1. The van der Waals surface area contributed by atoms with E-state index >= 15 is 0 Å². The highest BCUT2D eigenvalue weighted by Gasteiger charge is 2.23. The van der Waals surface area contributed by atoms with E-state index in [1.54, 1.807) is 19.2 Å². The van der Waals surface area contributed by atoms with Crippen molar-refractivity contribution in [3.63, 3.8) is 0 Å². The average molecular weight is 312 g/mol. The fourth-order valence-electron chi connectivity index (χ4n) is 2.12. The van der Waals surface area contributed by atoms with E-state index in [9.17, 15) is 9.59 Å². The average Bonchev–Trinajstić information content (AvgIpc) is 2.37. The Morgan fingerprint density at radius 2 is 2.22 bits per heavy atom. The number of methoxy groups -OCH3 is 1. The second kappa shape index (κ2) is 5.52. The number of ether oxygens (including phenoxy) is 1.